The van der Waals surface area contributed by atoms with Crippen molar-refractivity contribution in [1.29, 1.82) is 0 Å². The van der Waals surface area contributed by atoms with Crippen LogP contribution >= 0.6 is 0 Å². The van der Waals surface area contributed by atoms with Crippen LogP contribution in [0.4, 0.5) is 0 Å². The van der Waals surface area contributed by atoms with Crippen molar-refractivity contribution in [1.82, 2.24) is 4.90 Å². The van der Waals surface area contributed by atoms with E-state index < -0.39 is 5.41 Å². The summed E-state index contributed by atoms with van der Waals surface area (Å²) in [6.45, 7) is 0.754. The molecule has 0 spiro atoms. The Labute approximate surface area is 171 Å². The number of nitrogens with zero attached hydrogens (tertiary/aromatic N) is 1. The quantitative estimate of drug-likeness (QED) is 0.611. The SMILES string of the molecule is COc1ccc(C2(C=O)C=CN(CCCc3ccccc3)C=C2C=O)cc1OC. The molecule has 0 radical (unpaired) electrons. The Morgan fingerprint density at radius 3 is 2.41 bits per heavy atom. The molecule has 1 heterocycles. The van der Waals surface area contributed by atoms with E-state index in [1.165, 1.54) is 12.7 Å². The summed E-state index contributed by atoms with van der Waals surface area (Å²) in [4.78, 5) is 26.0. The number of benzene rings is 2. The van der Waals surface area contributed by atoms with Gasteiger partial charge in [-0.25, -0.2) is 0 Å². The lowest BCUT2D eigenvalue weighted by Gasteiger charge is -2.32. The minimum absolute atomic E-state index is 0.391. The fraction of sp³-hybridized carbons (Fsp3) is 0.250. The van der Waals surface area contributed by atoms with E-state index in [2.05, 4.69) is 12.1 Å². The van der Waals surface area contributed by atoms with Gasteiger partial charge in [0.25, 0.3) is 0 Å². The third-order valence-corrected chi connectivity index (χ3v) is 5.21. The average molecular weight is 391 g/mol. The number of allylic oxidation sites excluding steroid dienone is 2. The largest absolute Gasteiger partial charge is 0.493 e. The summed E-state index contributed by atoms with van der Waals surface area (Å²) in [6, 6.07) is 15.5. The van der Waals surface area contributed by atoms with E-state index in [4.69, 9.17) is 9.47 Å². The monoisotopic (exact) mass is 391 g/mol. The molecule has 0 saturated heterocycles. The van der Waals surface area contributed by atoms with E-state index in [-0.39, 0.29) is 0 Å². The molecule has 5 nitrogen and oxygen atoms in total. The zero-order chi connectivity index (χ0) is 20.7. The van der Waals surface area contributed by atoms with Gasteiger partial charge in [-0.15, -0.1) is 0 Å². The lowest BCUT2D eigenvalue weighted by molar-refractivity contribution is -0.112. The number of carbonyl (C=O) groups is 2. The molecule has 150 valence electrons. The topological polar surface area (TPSA) is 55.8 Å². The maximum atomic E-state index is 12.2. The van der Waals surface area contributed by atoms with Crippen LogP contribution in [-0.2, 0) is 21.4 Å². The first-order chi connectivity index (χ1) is 14.2. The van der Waals surface area contributed by atoms with Crippen LogP contribution in [0.25, 0.3) is 0 Å². The number of aryl methyl sites for hydroxylation is 1. The van der Waals surface area contributed by atoms with Crippen molar-refractivity contribution in [3.8, 4) is 11.5 Å². The molecule has 29 heavy (non-hydrogen) atoms. The zero-order valence-electron chi connectivity index (χ0n) is 16.7. The summed E-state index contributed by atoms with van der Waals surface area (Å²) < 4.78 is 10.6. The average Bonchev–Trinajstić information content (AvgIpc) is 2.79. The zero-order valence-corrected chi connectivity index (χ0v) is 16.7. The number of ether oxygens (including phenoxy) is 2. The van der Waals surface area contributed by atoms with Gasteiger partial charge < -0.3 is 19.2 Å². The molecular weight excluding hydrogens is 366 g/mol. The molecule has 1 atom stereocenters. The maximum Gasteiger partial charge on any atom is 0.161 e. The molecule has 0 aromatic heterocycles. The van der Waals surface area contributed by atoms with Gasteiger partial charge in [0.2, 0.25) is 0 Å². The Kier molecular flexibility index (Phi) is 6.50. The summed E-state index contributed by atoms with van der Waals surface area (Å²) in [5.41, 5.74) is 1.18. The van der Waals surface area contributed by atoms with Gasteiger partial charge in [-0.1, -0.05) is 36.4 Å². The van der Waals surface area contributed by atoms with Crippen LogP contribution in [0.2, 0.25) is 0 Å². The molecule has 1 unspecified atom stereocenters. The highest BCUT2D eigenvalue weighted by Crippen LogP contribution is 2.38. The van der Waals surface area contributed by atoms with Gasteiger partial charge in [-0.05, 0) is 42.2 Å². The number of aldehydes is 2. The van der Waals surface area contributed by atoms with Gasteiger partial charge >= 0.3 is 0 Å². The smallest absolute Gasteiger partial charge is 0.161 e. The van der Waals surface area contributed by atoms with Crippen molar-refractivity contribution in [3.05, 3.63) is 83.7 Å². The van der Waals surface area contributed by atoms with Crippen LogP contribution in [-0.4, -0.2) is 38.2 Å². The standard InChI is InChI=1S/C24H25NO4/c1-28-22-11-10-20(15-23(22)29-2)24(18-27)12-14-25(16-21(24)17-26)13-6-9-19-7-4-3-5-8-19/h3-5,7-8,10-12,14-18H,6,9,13H2,1-2H3. The van der Waals surface area contributed by atoms with E-state index in [1.54, 1.807) is 37.6 Å². The highest BCUT2D eigenvalue weighted by atomic mass is 16.5. The Hall–Kier alpha value is -3.34. The predicted molar refractivity (Wildman–Crippen MR) is 112 cm³/mol. The molecule has 1 aliphatic rings. The van der Waals surface area contributed by atoms with Crippen molar-refractivity contribution in [3.63, 3.8) is 0 Å². The molecule has 5 heteroatoms. The van der Waals surface area contributed by atoms with E-state index in [0.29, 0.717) is 22.6 Å². The van der Waals surface area contributed by atoms with Crippen molar-refractivity contribution >= 4 is 12.6 Å². The lowest BCUT2D eigenvalue weighted by atomic mass is 9.74. The summed E-state index contributed by atoms with van der Waals surface area (Å²) in [5, 5.41) is 0. The van der Waals surface area contributed by atoms with Gasteiger partial charge in [0.05, 0.1) is 14.2 Å². The second kappa shape index (κ2) is 9.24. The molecule has 1 aliphatic heterocycles. The first-order valence-electron chi connectivity index (χ1n) is 9.52. The van der Waals surface area contributed by atoms with Crippen LogP contribution in [0.15, 0.2) is 72.6 Å². The molecule has 3 rings (SSSR count). The van der Waals surface area contributed by atoms with Crippen LogP contribution in [0.5, 0.6) is 11.5 Å². The minimum atomic E-state index is -1.14. The number of methoxy groups -OCH3 is 2. The second-order valence-corrected chi connectivity index (χ2v) is 6.90. The normalized spacial score (nSPS) is 18.1. The highest BCUT2D eigenvalue weighted by Gasteiger charge is 2.37. The summed E-state index contributed by atoms with van der Waals surface area (Å²) in [5.74, 6) is 1.08. The fourth-order valence-electron chi connectivity index (χ4n) is 3.55. The Bertz CT molecular complexity index is 920. The van der Waals surface area contributed by atoms with Gasteiger partial charge in [0.15, 0.2) is 11.5 Å². The van der Waals surface area contributed by atoms with Gasteiger partial charge in [0.1, 0.15) is 18.0 Å². The lowest BCUT2D eigenvalue weighted by Crippen LogP contribution is -2.34. The van der Waals surface area contributed by atoms with Crippen LogP contribution in [0, 0.1) is 0 Å². The number of carbonyl (C=O) groups excluding carboxylic acids is 2. The summed E-state index contributed by atoms with van der Waals surface area (Å²) in [7, 11) is 3.09. The fourth-order valence-corrected chi connectivity index (χ4v) is 3.55. The third-order valence-electron chi connectivity index (χ3n) is 5.21. The molecule has 0 aliphatic carbocycles. The summed E-state index contributed by atoms with van der Waals surface area (Å²) in [6.07, 6.45) is 8.82. The van der Waals surface area contributed by atoms with Crippen molar-refractivity contribution < 1.29 is 19.1 Å². The van der Waals surface area contributed by atoms with Crippen molar-refractivity contribution in [2.75, 3.05) is 20.8 Å². The van der Waals surface area contributed by atoms with E-state index in [9.17, 15) is 9.59 Å². The molecular formula is C24H25NO4. The Balaban J connectivity index is 1.80. The summed E-state index contributed by atoms with van der Waals surface area (Å²) >= 11 is 0. The molecule has 0 bridgehead atoms. The number of hydrogen-bond acceptors (Lipinski definition) is 5. The van der Waals surface area contributed by atoms with E-state index >= 15 is 0 Å². The first-order valence-corrected chi connectivity index (χ1v) is 9.52. The van der Waals surface area contributed by atoms with Gasteiger partial charge in [-0.2, -0.15) is 0 Å². The van der Waals surface area contributed by atoms with Gasteiger partial charge in [0, 0.05) is 24.5 Å². The molecule has 0 fully saturated rings. The highest BCUT2D eigenvalue weighted by molar-refractivity contribution is 5.92. The molecule has 0 amide bonds. The second-order valence-electron chi connectivity index (χ2n) is 6.90. The number of rotatable bonds is 9. The van der Waals surface area contributed by atoms with Crippen molar-refractivity contribution in [2.45, 2.75) is 18.3 Å². The minimum Gasteiger partial charge on any atom is -0.493 e. The molecule has 2 aromatic carbocycles. The Morgan fingerprint density at radius 1 is 1.00 bits per heavy atom. The maximum absolute atomic E-state index is 12.2. The first kappa shape index (κ1) is 20.4. The molecule has 2 aromatic rings. The van der Waals surface area contributed by atoms with Crippen molar-refractivity contribution in [2.24, 2.45) is 0 Å². The molecule has 0 N–H and O–H groups in total. The number of hydrogen-bond donors (Lipinski definition) is 0. The van der Waals surface area contributed by atoms with Gasteiger partial charge in [-0.3, -0.25) is 4.79 Å². The van der Waals surface area contributed by atoms with Crippen LogP contribution in [0.3, 0.4) is 0 Å². The van der Waals surface area contributed by atoms with E-state index in [0.717, 1.165) is 32.0 Å². The van der Waals surface area contributed by atoms with E-state index in [1.807, 2.05) is 29.3 Å². The third kappa shape index (κ3) is 4.24. The van der Waals surface area contributed by atoms with Crippen LogP contribution in [0.1, 0.15) is 17.5 Å². The molecule has 0 saturated carbocycles. The Morgan fingerprint density at radius 2 is 1.76 bits per heavy atom. The van der Waals surface area contributed by atoms with Crippen LogP contribution < -0.4 is 9.47 Å². The predicted octanol–water partition coefficient (Wildman–Crippen LogP) is 3.69.